The molecule has 0 bridgehead atoms. The minimum Gasteiger partial charge on any atom is -0.507 e. The van der Waals surface area contributed by atoms with E-state index in [1.807, 2.05) is 0 Å². The molecule has 2 rings (SSSR count). The molecule has 4 heteroatoms. The lowest BCUT2D eigenvalue weighted by Gasteiger charge is -2.28. The second-order valence-corrected chi connectivity index (χ2v) is 5.05. The molecule has 18 heavy (non-hydrogen) atoms. The largest absolute Gasteiger partial charge is 0.507 e. The molecule has 1 atom stereocenters. The van der Waals surface area contributed by atoms with Crippen LogP contribution in [0.1, 0.15) is 49.3 Å². The van der Waals surface area contributed by atoms with E-state index in [0.717, 1.165) is 25.7 Å². The SMILES string of the molecule is Cc1ccc(F)c([C@H](N)C2CCCCC2)c1O.Cl. The maximum absolute atomic E-state index is 13.8. The lowest BCUT2D eigenvalue weighted by atomic mass is 9.81. The first kappa shape index (κ1) is 15.3. The Balaban J connectivity index is 0.00000162. The topological polar surface area (TPSA) is 46.2 Å². The minimum absolute atomic E-state index is 0. The third-order valence-electron chi connectivity index (χ3n) is 3.86. The number of benzene rings is 1. The molecule has 1 aromatic rings. The van der Waals surface area contributed by atoms with Crippen LogP contribution in [-0.4, -0.2) is 5.11 Å². The van der Waals surface area contributed by atoms with Crippen molar-refractivity contribution >= 4 is 12.4 Å². The molecule has 0 amide bonds. The average Bonchev–Trinajstić information content (AvgIpc) is 2.35. The smallest absolute Gasteiger partial charge is 0.131 e. The highest BCUT2D eigenvalue weighted by atomic mass is 35.5. The van der Waals surface area contributed by atoms with Crippen molar-refractivity contribution in [2.75, 3.05) is 0 Å². The molecule has 3 N–H and O–H groups in total. The van der Waals surface area contributed by atoms with Gasteiger partial charge in [-0.15, -0.1) is 12.4 Å². The van der Waals surface area contributed by atoms with E-state index in [-0.39, 0.29) is 30.0 Å². The van der Waals surface area contributed by atoms with E-state index in [1.54, 1.807) is 13.0 Å². The molecule has 0 spiro atoms. The van der Waals surface area contributed by atoms with E-state index >= 15 is 0 Å². The summed E-state index contributed by atoms with van der Waals surface area (Å²) >= 11 is 0. The Bertz CT molecular complexity index is 405. The highest BCUT2D eigenvalue weighted by Gasteiger charge is 2.26. The Morgan fingerprint density at radius 1 is 1.28 bits per heavy atom. The van der Waals surface area contributed by atoms with E-state index in [4.69, 9.17) is 5.73 Å². The number of rotatable bonds is 2. The molecule has 1 saturated carbocycles. The van der Waals surface area contributed by atoms with Gasteiger partial charge in [0.15, 0.2) is 0 Å². The van der Waals surface area contributed by atoms with Crippen LogP contribution in [0.15, 0.2) is 12.1 Å². The van der Waals surface area contributed by atoms with E-state index in [9.17, 15) is 9.50 Å². The molecule has 1 fully saturated rings. The van der Waals surface area contributed by atoms with Gasteiger partial charge in [-0.05, 0) is 37.3 Å². The maximum atomic E-state index is 13.8. The molecule has 1 aliphatic carbocycles. The first-order chi connectivity index (χ1) is 8.11. The number of nitrogens with two attached hydrogens (primary N) is 1. The first-order valence-corrected chi connectivity index (χ1v) is 6.35. The van der Waals surface area contributed by atoms with Gasteiger partial charge in [0, 0.05) is 11.6 Å². The van der Waals surface area contributed by atoms with E-state index in [1.165, 1.54) is 12.5 Å². The number of aromatic hydroxyl groups is 1. The molecule has 0 unspecified atom stereocenters. The highest BCUT2D eigenvalue weighted by Crippen LogP contribution is 2.38. The molecule has 0 aliphatic heterocycles. The van der Waals surface area contributed by atoms with E-state index in [2.05, 4.69) is 0 Å². The van der Waals surface area contributed by atoms with Crippen molar-refractivity contribution in [1.82, 2.24) is 0 Å². The fourth-order valence-electron chi connectivity index (χ4n) is 2.74. The first-order valence-electron chi connectivity index (χ1n) is 6.35. The van der Waals surface area contributed by atoms with Crippen molar-refractivity contribution in [3.8, 4) is 5.75 Å². The van der Waals surface area contributed by atoms with Crippen LogP contribution in [0.2, 0.25) is 0 Å². The maximum Gasteiger partial charge on any atom is 0.131 e. The number of halogens is 2. The van der Waals surface area contributed by atoms with Crippen molar-refractivity contribution in [2.45, 2.75) is 45.1 Å². The average molecular weight is 274 g/mol. The van der Waals surface area contributed by atoms with Gasteiger partial charge in [-0.25, -0.2) is 4.39 Å². The van der Waals surface area contributed by atoms with Crippen molar-refractivity contribution in [3.05, 3.63) is 29.1 Å². The molecule has 0 saturated heterocycles. The van der Waals surface area contributed by atoms with Crippen molar-refractivity contribution in [1.29, 1.82) is 0 Å². The second kappa shape index (κ2) is 6.39. The summed E-state index contributed by atoms with van der Waals surface area (Å²) in [6.07, 6.45) is 5.63. The predicted molar refractivity (Wildman–Crippen MR) is 73.6 cm³/mol. The summed E-state index contributed by atoms with van der Waals surface area (Å²) in [5.41, 5.74) is 7.13. The Morgan fingerprint density at radius 3 is 2.50 bits per heavy atom. The highest BCUT2D eigenvalue weighted by molar-refractivity contribution is 5.85. The number of aryl methyl sites for hydroxylation is 1. The van der Waals surface area contributed by atoms with Crippen LogP contribution in [0, 0.1) is 18.7 Å². The van der Waals surface area contributed by atoms with Gasteiger partial charge in [0.05, 0.1) is 0 Å². The van der Waals surface area contributed by atoms with Gasteiger partial charge in [0.25, 0.3) is 0 Å². The van der Waals surface area contributed by atoms with Gasteiger partial charge >= 0.3 is 0 Å². The zero-order valence-electron chi connectivity index (χ0n) is 10.7. The van der Waals surface area contributed by atoms with Crippen molar-refractivity contribution in [3.63, 3.8) is 0 Å². The van der Waals surface area contributed by atoms with Crippen molar-refractivity contribution in [2.24, 2.45) is 11.7 Å². The van der Waals surface area contributed by atoms with Gasteiger partial charge in [-0.2, -0.15) is 0 Å². The van der Waals surface area contributed by atoms with Gasteiger partial charge in [0.2, 0.25) is 0 Å². The standard InChI is InChI=1S/C14H20FNO.ClH/c1-9-7-8-11(15)12(14(9)17)13(16)10-5-3-2-4-6-10;/h7-8,10,13,17H,2-6,16H2,1H3;1H/t13-;/m1./s1. The number of hydrogen-bond donors (Lipinski definition) is 2. The minimum atomic E-state index is -0.383. The summed E-state index contributed by atoms with van der Waals surface area (Å²) in [7, 11) is 0. The van der Waals surface area contributed by atoms with Crippen LogP contribution in [0.4, 0.5) is 4.39 Å². The monoisotopic (exact) mass is 273 g/mol. The van der Waals surface area contributed by atoms with Gasteiger partial charge in [0.1, 0.15) is 11.6 Å². The lowest BCUT2D eigenvalue weighted by molar-refractivity contribution is 0.297. The number of phenolic OH excluding ortho intramolecular Hbond substituents is 1. The molecular formula is C14H21ClFNO. The number of hydrogen-bond acceptors (Lipinski definition) is 2. The zero-order valence-corrected chi connectivity index (χ0v) is 11.5. The third-order valence-corrected chi connectivity index (χ3v) is 3.86. The zero-order chi connectivity index (χ0) is 12.4. The summed E-state index contributed by atoms with van der Waals surface area (Å²) in [5.74, 6) is -0.0554. The fourth-order valence-corrected chi connectivity index (χ4v) is 2.74. The Hall–Kier alpha value is -0.800. The van der Waals surface area contributed by atoms with Crippen LogP contribution in [0.3, 0.4) is 0 Å². The van der Waals surface area contributed by atoms with E-state index < -0.39 is 0 Å². The summed E-state index contributed by atoms with van der Waals surface area (Å²) in [6.45, 7) is 1.77. The lowest BCUT2D eigenvalue weighted by Crippen LogP contribution is -2.24. The normalized spacial score (nSPS) is 18.2. The van der Waals surface area contributed by atoms with Crippen LogP contribution in [-0.2, 0) is 0 Å². The Labute approximate surface area is 114 Å². The quantitative estimate of drug-likeness (QED) is 0.860. The molecule has 1 aliphatic rings. The molecule has 0 heterocycles. The molecule has 2 nitrogen and oxygen atoms in total. The van der Waals surface area contributed by atoms with Crippen LogP contribution < -0.4 is 5.73 Å². The van der Waals surface area contributed by atoms with Crippen LogP contribution in [0.5, 0.6) is 5.75 Å². The summed E-state index contributed by atoms with van der Waals surface area (Å²) < 4.78 is 13.8. The number of phenols is 1. The third kappa shape index (κ3) is 2.96. The summed E-state index contributed by atoms with van der Waals surface area (Å²) in [4.78, 5) is 0. The van der Waals surface area contributed by atoms with Gasteiger partial charge in [-0.3, -0.25) is 0 Å². The molecule has 0 radical (unpaired) electrons. The Kier molecular flexibility index (Phi) is 5.42. The van der Waals surface area contributed by atoms with Crippen LogP contribution >= 0.6 is 12.4 Å². The molecule has 102 valence electrons. The van der Waals surface area contributed by atoms with Crippen molar-refractivity contribution < 1.29 is 9.50 Å². The molecule has 0 aromatic heterocycles. The van der Waals surface area contributed by atoms with E-state index in [0.29, 0.717) is 17.0 Å². The van der Waals surface area contributed by atoms with Crippen LogP contribution in [0.25, 0.3) is 0 Å². The second-order valence-electron chi connectivity index (χ2n) is 5.05. The summed E-state index contributed by atoms with van der Waals surface area (Å²) in [5, 5.41) is 9.96. The molecule has 1 aromatic carbocycles. The summed E-state index contributed by atoms with van der Waals surface area (Å²) in [6, 6.07) is 2.60. The Morgan fingerprint density at radius 2 is 1.89 bits per heavy atom. The fraction of sp³-hybridized carbons (Fsp3) is 0.571. The van der Waals surface area contributed by atoms with Gasteiger partial charge in [-0.1, -0.05) is 25.3 Å². The molecular weight excluding hydrogens is 253 g/mol. The van der Waals surface area contributed by atoms with Gasteiger partial charge < -0.3 is 10.8 Å². The predicted octanol–water partition coefficient (Wildman–Crippen LogP) is 3.84.